The molecule has 2 N–H and O–H groups in total. The number of guanidine groups is 1. The number of hydrogen-bond donors (Lipinski definition) is 2. The van der Waals surface area contributed by atoms with Crippen LogP contribution in [0.4, 0.5) is 5.69 Å². The number of benzene rings is 2. The molecule has 0 saturated carbocycles. The van der Waals surface area contributed by atoms with E-state index in [4.69, 9.17) is 0 Å². The molecule has 164 valence electrons. The Kier molecular flexibility index (Phi) is 11.2. The molecule has 0 bridgehead atoms. The maximum Gasteiger partial charge on any atom is 0.253 e. The summed E-state index contributed by atoms with van der Waals surface area (Å²) in [6.45, 7) is 6.36. The fourth-order valence-electron chi connectivity index (χ4n) is 2.82. The Morgan fingerprint density at radius 1 is 1.00 bits per heavy atom. The van der Waals surface area contributed by atoms with Gasteiger partial charge < -0.3 is 20.4 Å². The van der Waals surface area contributed by atoms with Crippen molar-refractivity contribution < 1.29 is 4.79 Å². The Labute approximate surface area is 197 Å². The summed E-state index contributed by atoms with van der Waals surface area (Å²) >= 11 is 0. The van der Waals surface area contributed by atoms with E-state index in [2.05, 4.69) is 65.7 Å². The van der Waals surface area contributed by atoms with Gasteiger partial charge >= 0.3 is 0 Å². The lowest BCUT2D eigenvalue weighted by atomic mass is 10.1. The molecule has 0 spiro atoms. The number of halogens is 1. The molecule has 0 heterocycles. The number of rotatable bonds is 8. The Morgan fingerprint density at radius 3 is 2.20 bits per heavy atom. The van der Waals surface area contributed by atoms with Crippen molar-refractivity contribution >= 4 is 41.5 Å². The summed E-state index contributed by atoms with van der Waals surface area (Å²) in [6, 6.07) is 18.3. The highest BCUT2D eigenvalue weighted by molar-refractivity contribution is 14.0. The van der Waals surface area contributed by atoms with Gasteiger partial charge in [0.15, 0.2) is 5.96 Å². The van der Waals surface area contributed by atoms with E-state index in [1.165, 1.54) is 5.69 Å². The van der Waals surface area contributed by atoms with Crippen LogP contribution in [0.15, 0.2) is 59.6 Å². The fraction of sp³-hybridized carbons (Fsp3) is 0.391. The zero-order valence-corrected chi connectivity index (χ0v) is 20.9. The van der Waals surface area contributed by atoms with Gasteiger partial charge in [0.1, 0.15) is 0 Å². The Bertz CT molecular complexity index is 793. The highest BCUT2D eigenvalue weighted by atomic mass is 127. The van der Waals surface area contributed by atoms with Crippen LogP contribution in [0, 0.1) is 0 Å². The zero-order chi connectivity index (χ0) is 21.2. The van der Waals surface area contributed by atoms with Crippen LogP contribution in [0.1, 0.15) is 29.8 Å². The topological polar surface area (TPSA) is 60.0 Å². The first-order chi connectivity index (χ1) is 13.9. The second-order valence-electron chi connectivity index (χ2n) is 7.27. The van der Waals surface area contributed by atoms with E-state index in [1.807, 2.05) is 30.3 Å². The van der Waals surface area contributed by atoms with Crippen molar-refractivity contribution in [3.05, 3.63) is 65.7 Å². The predicted octanol–water partition coefficient (Wildman–Crippen LogP) is 3.59. The number of carbonyl (C=O) groups is 1. The van der Waals surface area contributed by atoms with Gasteiger partial charge in [-0.25, -0.2) is 4.99 Å². The molecule has 0 aromatic heterocycles. The van der Waals surface area contributed by atoms with E-state index in [-0.39, 0.29) is 29.9 Å². The number of amides is 1. The molecule has 2 aromatic rings. The molecule has 2 aromatic carbocycles. The molecule has 0 radical (unpaired) electrons. The first kappa shape index (κ1) is 25.7. The zero-order valence-electron chi connectivity index (χ0n) is 18.6. The number of nitrogens with zero attached hydrogens (tertiary/aromatic N) is 3. The van der Waals surface area contributed by atoms with Crippen LogP contribution in [0.2, 0.25) is 0 Å². The number of likely N-dealkylation sites (N-methyl/N-ethyl adjacent to an activating group) is 1. The lowest BCUT2D eigenvalue weighted by molar-refractivity contribution is 0.0827. The molecule has 0 saturated heterocycles. The van der Waals surface area contributed by atoms with E-state index in [0.717, 1.165) is 24.6 Å². The highest BCUT2D eigenvalue weighted by Gasteiger charge is 2.11. The lowest BCUT2D eigenvalue weighted by Gasteiger charge is -2.27. The van der Waals surface area contributed by atoms with Gasteiger partial charge in [-0.15, -0.1) is 24.0 Å². The Balaban J connectivity index is 0.00000450. The summed E-state index contributed by atoms with van der Waals surface area (Å²) < 4.78 is 0. The summed E-state index contributed by atoms with van der Waals surface area (Å²) in [6.07, 6.45) is 0. The minimum atomic E-state index is 0. The van der Waals surface area contributed by atoms with Crippen molar-refractivity contribution in [3.63, 3.8) is 0 Å². The van der Waals surface area contributed by atoms with Crippen molar-refractivity contribution in [1.29, 1.82) is 0 Å². The molecule has 30 heavy (non-hydrogen) atoms. The standard InChI is InChI=1S/C23H33N5O.HI/c1-6-24-23(25-16-18(2)28(5)21-10-8-7-9-11-21)26-17-19-12-14-20(15-13-19)22(29)27(3)4;/h7-15,18H,6,16-17H2,1-5H3,(H2,24,25,26);1H. The molecule has 7 heteroatoms. The number of nitrogens with one attached hydrogen (secondary N) is 2. The van der Waals surface area contributed by atoms with Crippen molar-refractivity contribution in [3.8, 4) is 0 Å². The molecule has 1 atom stereocenters. The second-order valence-corrected chi connectivity index (χ2v) is 7.27. The van der Waals surface area contributed by atoms with Gasteiger partial charge in [-0.05, 0) is 43.7 Å². The minimum absolute atomic E-state index is 0. The average Bonchev–Trinajstić information content (AvgIpc) is 2.75. The average molecular weight is 523 g/mol. The van der Waals surface area contributed by atoms with Gasteiger partial charge in [0, 0.05) is 51.5 Å². The quantitative estimate of drug-likeness (QED) is 0.316. The lowest BCUT2D eigenvalue weighted by Crippen LogP contribution is -2.45. The Morgan fingerprint density at radius 2 is 1.63 bits per heavy atom. The minimum Gasteiger partial charge on any atom is -0.370 e. The van der Waals surface area contributed by atoms with Crippen LogP contribution in [0.3, 0.4) is 0 Å². The number of anilines is 1. The highest BCUT2D eigenvalue weighted by Crippen LogP contribution is 2.13. The summed E-state index contributed by atoms with van der Waals surface area (Å²) in [7, 11) is 5.61. The van der Waals surface area contributed by atoms with E-state index in [1.54, 1.807) is 19.0 Å². The molecular formula is C23H34IN5O. The first-order valence-corrected chi connectivity index (χ1v) is 10.0. The molecule has 1 unspecified atom stereocenters. The maximum absolute atomic E-state index is 12.0. The third-order valence-electron chi connectivity index (χ3n) is 4.76. The third kappa shape index (κ3) is 7.85. The van der Waals surface area contributed by atoms with Gasteiger partial charge in [0.05, 0.1) is 6.54 Å². The smallest absolute Gasteiger partial charge is 0.253 e. The van der Waals surface area contributed by atoms with E-state index in [9.17, 15) is 4.79 Å². The molecule has 2 rings (SSSR count). The van der Waals surface area contributed by atoms with Gasteiger partial charge in [0.2, 0.25) is 0 Å². The first-order valence-electron chi connectivity index (χ1n) is 10.0. The van der Waals surface area contributed by atoms with Crippen LogP contribution in [0.5, 0.6) is 0 Å². The van der Waals surface area contributed by atoms with E-state index >= 15 is 0 Å². The number of carbonyl (C=O) groups excluding carboxylic acids is 1. The summed E-state index contributed by atoms with van der Waals surface area (Å²) in [4.78, 5) is 20.5. The maximum atomic E-state index is 12.0. The third-order valence-corrected chi connectivity index (χ3v) is 4.76. The van der Waals surface area contributed by atoms with Gasteiger partial charge in [-0.1, -0.05) is 30.3 Å². The molecule has 0 aliphatic carbocycles. The predicted molar refractivity (Wildman–Crippen MR) is 137 cm³/mol. The largest absolute Gasteiger partial charge is 0.370 e. The van der Waals surface area contributed by atoms with Crippen LogP contribution in [0.25, 0.3) is 0 Å². The number of para-hydroxylation sites is 1. The summed E-state index contributed by atoms with van der Waals surface area (Å²) in [5, 5.41) is 6.71. The van der Waals surface area contributed by atoms with E-state index in [0.29, 0.717) is 18.2 Å². The fourth-order valence-corrected chi connectivity index (χ4v) is 2.82. The van der Waals surface area contributed by atoms with Gasteiger partial charge in [-0.3, -0.25) is 4.79 Å². The molecular weight excluding hydrogens is 489 g/mol. The number of aliphatic imine (C=N–C) groups is 1. The van der Waals surface area contributed by atoms with Crippen LogP contribution in [-0.2, 0) is 6.54 Å². The number of hydrogen-bond acceptors (Lipinski definition) is 3. The van der Waals surface area contributed by atoms with Crippen LogP contribution in [-0.4, -0.2) is 57.0 Å². The normalized spacial score (nSPS) is 11.8. The molecule has 6 nitrogen and oxygen atoms in total. The molecule has 0 aliphatic heterocycles. The van der Waals surface area contributed by atoms with Crippen LogP contribution < -0.4 is 15.5 Å². The Hall–Kier alpha value is -2.29. The van der Waals surface area contributed by atoms with Gasteiger partial charge in [0.25, 0.3) is 5.91 Å². The molecule has 0 aliphatic rings. The van der Waals surface area contributed by atoms with Crippen LogP contribution >= 0.6 is 24.0 Å². The summed E-state index contributed by atoms with van der Waals surface area (Å²) in [5.41, 5.74) is 2.94. The molecule has 1 amide bonds. The van der Waals surface area contributed by atoms with Crippen molar-refractivity contribution in [2.24, 2.45) is 4.99 Å². The van der Waals surface area contributed by atoms with Crippen molar-refractivity contribution in [1.82, 2.24) is 15.5 Å². The van der Waals surface area contributed by atoms with Crippen molar-refractivity contribution in [2.45, 2.75) is 26.4 Å². The van der Waals surface area contributed by atoms with Gasteiger partial charge in [-0.2, -0.15) is 0 Å². The monoisotopic (exact) mass is 523 g/mol. The van der Waals surface area contributed by atoms with E-state index < -0.39 is 0 Å². The van der Waals surface area contributed by atoms with Crippen molar-refractivity contribution in [2.75, 3.05) is 39.1 Å². The SMILES string of the molecule is CCNC(=NCc1ccc(C(=O)N(C)C)cc1)NCC(C)N(C)c1ccccc1.I. The molecule has 0 fully saturated rings. The summed E-state index contributed by atoms with van der Waals surface area (Å²) in [5.74, 6) is 0.792. The second kappa shape index (κ2) is 13.1.